The van der Waals surface area contributed by atoms with Crippen molar-refractivity contribution >= 4 is 0 Å². The number of hydrogen-bond acceptors (Lipinski definition) is 2. The highest BCUT2D eigenvalue weighted by molar-refractivity contribution is 5.41. The first-order valence-electron chi connectivity index (χ1n) is 9.00. The van der Waals surface area contributed by atoms with E-state index in [2.05, 4.69) is 96.1 Å². The van der Waals surface area contributed by atoms with E-state index in [0.29, 0.717) is 6.04 Å². The highest BCUT2D eigenvalue weighted by atomic mass is 16.7. The molecule has 0 N–H and O–H groups in total. The van der Waals surface area contributed by atoms with Crippen LogP contribution in [0.2, 0.25) is 0 Å². The summed E-state index contributed by atoms with van der Waals surface area (Å²) in [5, 5.41) is 2.28. The van der Waals surface area contributed by atoms with Crippen LogP contribution in [0.4, 0.5) is 0 Å². The quantitative estimate of drug-likeness (QED) is 0.665. The van der Waals surface area contributed by atoms with Crippen LogP contribution in [0.1, 0.15) is 35.6 Å². The molecule has 2 heteroatoms. The van der Waals surface area contributed by atoms with Crippen LogP contribution in [0, 0.1) is 0 Å². The minimum absolute atomic E-state index is 0.216. The third-order valence-corrected chi connectivity index (χ3v) is 5.62. The van der Waals surface area contributed by atoms with Crippen molar-refractivity contribution in [3.8, 4) is 0 Å². The third kappa shape index (κ3) is 2.25. The molecule has 0 aromatic heterocycles. The Bertz CT molecular complexity index is 808. The van der Waals surface area contributed by atoms with Gasteiger partial charge in [-0.25, -0.2) is 0 Å². The van der Waals surface area contributed by atoms with Crippen molar-refractivity contribution in [2.24, 2.45) is 0 Å². The minimum Gasteiger partial charge on any atom is -0.294 e. The van der Waals surface area contributed by atoms with Crippen LogP contribution in [0.25, 0.3) is 0 Å². The zero-order valence-electron chi connectivity index (χ0n) is 14.1. The topological polar surface area (TPSA) is 12.5 Å². The van der Waals surface area contributed by atoms with Gasteiger partial charge in [0.2, 0.25) is 0 Å². The lowest BCUT2D eigenvalue weighted by Gasteiger charge is -2.42. The maximum atomic E-state index is 6.40. The molecule has 2 fully saturated rings. The summed E-state index contributed by atoms with van der Waals surface area (Å²) in [4.78, 5) is 6.40. The van der Waals surface area contributed by atoms with Gasteiger partial charge in [-0.05, 0) is 23.1 Å². The molecule has 2 nitrogen and oxygen atoms in total. The van der Waals surface area contributed by atoms with E-state index in [0.717, 1.165) is 12.8 Å². The first-order valence-corrected chi connectivity index (χ1v) is 9.00. The van der Waals surface area contributed by atoms with Crippen LogP contribution < -0.4 is 0 Å². The normalized spacial score (nSPS) is 26.6. The predicted octanol–water partition coefficient (Wildman–Crippen LogP) is 5.08. The molecule has 3 atom stereocenters. The van der Waals surface area contributed by atoms with Gasteiger partial charge in [0, 0.05) is 6.42 Å². The molecule has 2 saturated heterocycles. The summed E-state index contributed by atoms with van der Waals surface area (Å²) in [5.74, 6) is 0. The number of benzene rings is 3. The molecule has 2 aliphatic rings. The molecule has 3 aromatic rings. The van der Waals surface area contributed by atoms with Gasteiger partial charge >= 0.3 is 0 Å². The van der Waals surface area contributed by atoms with Crippen molar-refractivity contribution in [1.29, 1.82) is 0 Å². The Hall–Kier alpha value is -2.42. The van der Waals surface area contributed by atoms with Crippen molar-refractivity contribution in [2.45, 2.75) is 30.5 Å². The Kier molecular flexibility index (Phi) is 3.47. The Morgan fingerprint density at radius 2 is 1.24 bits per heavy atom. The highest BCUT2D eigenvalue weighted by Crippen LogP contribution is 2.56. The van der Waals surface area contributed by atoms with E-state index in [9.17, 15) is 0 Å². The number of hydroxylamine groups is 2. The van der Waals surface area contributed by atoms with Gasteiger partial charge < -0.3 is 0 Å². The second-order valence-electron chi connectivity index (χ2n) is 7.01. The molecule has 3 aromatic carbocycles. The molecule has 2 aliphatic heterocycles. The average molecular weight is 327 g/mol. The van der Waals surface area contributed by atoms with Gasteiger partial charge in [-0.2, -0.15) is 5.06 Å². The van der Waals surface area contributed by atoms with Gasteiger partial charge in [0.05, 0.1) is 17.7 Å². The van der Waals surface area contributed by atoms with E-state index < -0.39 is 0 Å². The average Bonchev–Trinajstić information content (AvgIpc) is 3.29. The third-order valence-electron chi connectivity index (χ3n) is 5.62. The largest absolute Gasteiger partial charge is 0.294 e. The molecule has 25 heavy (non-hydrogen) atoms. The second-order valence-corrected chi connectivity index (χ2v) is 7.01. The molecule has 2 heterocycles. The summed E-state index contributed by atoms with van der Waals surface area (Å²) >= 11 is 0. The summed E-state index contributed by atoms with van der Waals surface area (Å²) in [6.45, 7) is 0. The predicted molar refractivity (Wildman–Crippen MR) is 98.8 cm³/mol. The maximum absolute atomic E-state index is 6.40. The van der Waals surface area contributed by atoms with Gasteiger partial charge in [-0.3, -0.25) is 4.84 Å². The number of fused-ring (bicyclic) bond motifs is 2. The number of nitrogens with zero attached hydrogens (tertiary/aromatic N) is 1. The van der Waals surface area contributed by atoms with E-state index in [1.165, 1.54) is 16.7 Å². The van der Waals surface area contributed by atoms with Crippen LogP contribution in [0.15, 0.2) is 91.0 Å². The number of rotatable bonds is 3. The zero-order chi connectivity index (χ0) is 16.7. The van der Waals surface area contributed by atoms with E-state index >= 15 is 0 Å². The summed E-state index contributed by atoms with van der Waals surface area (Å²) in [7, 11) is 0. The Morgan fingerprint density at radius 1 is 0.720 bits per heavy atom. The molecular weight excluding hydrogens is 306 g/mol. The van der Waals surface area contributed by atoms with Crippen molar-refractivity contribution in [3.05, 3.63) is 108 Å². The Morgan fingerprint density at radius 3 is 1.76 bits per heavy atom. The van der Waals surface area contributed by atoms with Crippen molar-refractivity contribution in [1.82, 2.24) is 5.06 Å². The molecule has 2 bridgehead atoms. The number of hydrogen-bond donors (Lipinski definition) is 0. The van der Waals surface area contributed by atoms with E-state index in [-0.39, 0.29) is 11.6 Å². The summed E-state index contributed by atoms with van der Waals surface area (Å²) < 4.78 is 0. The SMILES string of the molecule is c1ccc(C2CC3CC(c4ccccc4)(c4ccccc4)N2O3)cc1. The van der Waals surface area contributed by atoms with Gasteiger partial charge in [-0.15, -0.1) is 0 Å². The molecule has 124 valence electrons. The highest BCUT2D eigenvalue weighted by Gasteiger charge is 2.57. The van der Waals surface area contributed by atoms with Crippen LogP contribution in [0.5, 0.6) is 0 Å². The lowest BCUT2D eigenvalue weighted by Crippen LogP contribution is -2.44. The lowest BCUT2D eigenvalue weighted by atomic mass is 9.74. The standard InChI is InChI=1S/C23H21NO/c1-4-10-18(11-5-1)22-16-21-17-23(24(22)25-21,19-12-6-2-7-13-19)20-14-8-3-9-15-20/h1-15,21-22H,16-17H2. The fourth-order valence-electron chi connectivity index (χ4n) is 4.55. The summed E-state index contributed by atoms with van der Waals surface area (Å²) in [6, 6.07) is 32.7. The van der Waals surface area contributed by atoms with Crippen molar-refractivity contribution < 1.29 is 4.84 Å². The summed E-state index contributed by atoms with van der Waals surface area (Å²) in [5.41, 5.74) is 3.74. The molecule has 0 aliphatic carbocycles. The maximum Gasteiger partial charge on any atom is 0.0992 e. The van der Waals surface area contributed by atoms with E-state index in [1.807, 2.05) is 0 Å². The van der Waals surface area contributed by atoms with Gasteiger partial charge in [0.1, 0.15) is 0 Å². The summed E-state index contributed by atoms with van der Waals surface area (Å²) in [6.07, 6.45) is 2.33. The first kappa shape index (κ1) is 14.9. The van der Waals surface area contributed by atoms with Crippen LogP contribution >= 0.6 is 0 Å². The second kappa shape index (κ2) is 5.83. The van der Waals surface area contributed by atoms with Crippen LogP contribution in [-0.2, 0) is 10.4 Å². The molecule has 5 rings (SSSR count). The van der Waals surface area contributed by atoms with E-state index in [1.54, 1.807) is 0 Å². The van der Waals surface area contributed by atoms with Gasteiger partial charge in [-0.1, -0.05) is 91.0 Å². The van der Waals surface area contributed by atoms with Gasteiger partial charge in [0.25, 0.3) is 0 Å². The molecule has 0 amide bonds. The molecular formula is C23H21NO. The van der Waals surface area contributed by atoms with Crippen LogP contribution in [-0.4, -0.2) is 11.2 Å². The van der Waals surface area contributed by atoms with Crippen molar-refractivity contribution in [2.75, 3.05) is 0 Å². The Balaban J connectivity index is 1.67. The molecule has 3 unspecified atom stereocenters. The lowest BCUT2D eigenvalue weighted by molar-refractivity contribution is -0.159. The zero-order valence-corrected chi connectivity index (χ0v) is 14.1. The number of piperidine rings is 1. The van der Waals surface area contributed by atoms with Gasteiger partial charge in [0.15, 0.2) is 0 Å². The van der Waals surface area contributed by atoms with E-state index in [4.69, 9.17) is 4.84 Å². The van der Waals surface area contributed by atoms with Crippen molar-refractivity contribution in [3.63, 3.8) is 0 Å². The monoisotopic (exact) mass is 327 g/mol. The fraction of sp³-hybridized carbons (Fsp3) is 0.217. The molecule has 0 saturated carbocycles. The molecule has 0 radical (unpaired) electrons. The smallest absolute Gasteiger partial charge is 0.0992 e. The fourth-order valence-corrected chi connectivity index (χ4v) is 4.55. The Labute approximate surface area is 148 Å². The van der Waals surface area contributed by atoms with Crippen LogP contribution in [0.3, 0.4) is 0 Å². The first-order chi connectivity index (χ1) is 12.4. The molecule has 0 spiro atoms. The minimum atomic E-state index is -0.216.